The maximum atomic E-state index is 12.6. The molecular weight excluding hydrogens is 466 g/mol. The van der Waals surface area contributed by atoms with Gasteiger partial charge < -0.3 is 29.7 Å². The fourth-order valence-corrected chi connectivity index (χ4v) is 4.93. The molecule has 2 fully saturated rings. The summed E-state index contributed by atoms with van der Waals surface area (Å²) in [4.78, 5) is 17.1. The summed E-state index contributed by atoms with van der Waals surface area (Å²) in [6.45, 7) is 4.62. The first kappa shape index (κ1) is 25.8. The number of carbonyl (C=O) groups excluding carboxylic acids is 1. The van der Waals surface area contributed by atoms with Crippen LogP contribution < -0.4 is 10.1 Å². The number of rotatable bonds is 9. The molecule has 0 aromatic heterocycles. The molecule has 0 radical (unpaired) electrons. The summed E-state index contributed by atoms with van der Waals surface area (Å²) in [7, 11) is 2.11. The molecule has 4 rings (SSSR count). The maximum absolute atomic E-state index is 12.6. The number of piperidine rings is 1. The third kappa shape index (κ3) is 7.58. The van der Waals surface area contributed by atoms with Crippen molar-refractivity contribution < 1.29 is 19.4 Å². The zero-order valence-electron chi connectivity index (χ0n) is 20.4. The van der Waals surface area contributed by atoms with E-state index in [1.807, 2.05) is 42.5 Å². The number of aliphatic hydroxyl groups is 1. The summed E-state index contributed by atoms with van der Waals surface area (Å²) in [5.74, 6) is 0.628. The molecule has 0 spiro atoms. The molecular formula is C27H36ClN3O4. The van der Waals surface area contributed by atoms with Crippen LogP contribution in [0.1, 0.15) is 42.9 Å². The van der Waals surface area contributed by atoms with Crippen molar-refractivity contribution in [1.29, 1.82) is 0 Å². The van der Waals surface area contributed by atoms with E-state index in [0.717, 1.165) is 57.4 Å². The van der Waals surface area contributed by atoms with E-state index >= 15 is 0 Å². The van der Waals surface area contributed by atoms with Crippen molar-refractivity contribution >= 4 is 17.7 Å². The van der Waals surface area contributed by atoms with E-state index in [4.69, 9.17) is 21.1 Å². The smallest absolute Gasteiger partial charge is 0.407 e. The highest BCUT2D eigenvalue weighted by Gasteiger charge is 2.28. The topological polar surface area (TPSA) is 74.3 Å². The number of nitrogens with one attached hydrogen (secondary N) is 1. The van der Waals surface area contributed by atoms with E-state index in [-0.39, 0.29) is 12.7 Å². The Hall–Kier alpha value is -2.32. The first-order chi connectivity index (χ1) is 17.0. The van der Waals surface area contributed by atoms with Crippen molar-refractivity contribution in [3.8, 4) is 5.75 Å². The monoisotopic (exact) mass is 501 g/mol. The van der Waals surface area contributed by atoms with Crippen LogP contribution >= 0.6 is 11.6 Å². The SMILES string of the molecule is CN1CCC(Oc2ccc([C@@H](O)[C@@H](CN3CCCC3)NC(=O)OCc3ccccc3)cc2Cl)CC1. The van der Waals surface area contributed by atoms with Gasteiger partial charge in [-0.15, -0.1) is 0 Å². The second-order valence-electron chi connectivity index (χ2n) is 9.58. The minimum absolute atomic E-state index is 0.142. The van der Waals surface area contributed by atoms with E-state index < -0.39 is 18.2 Å². The van der Waals surface area contributed by atoms with Crippen LogP contribution in [0.25, 0.3) is 0 Å². The molecule has 0 saturated carbocycles. The number of amides is 1. The fraction of sp³-hybridized carbons (Fsp3) is 0.519. The van der Waals surface area contributed by atoms with Crippen molar-refractivity contribution in [2.24, 2.45) is 0 Å². The minimum Gasteiger partial charge on any atom is -0.489 e. The normalized spacial score (nSPS) is 19.3. The molecule has 7 nitrogen and oxygen atoms in total. The van der Waals surface area contributed by atoms with Gasteiger partial charge in [0.05, 0.1) is 11.1 Å². The quantitative estimate of drug-likeness (QED) is 0.535. The third-order valence-corrected chi connectivity index (χ3v) is 7.10. The Labute approximate surface area is 213 Å². The van der Waals surface area contributed by atoms with Crippen molar-refractivity contribution in [1.82, 2.24) is 15.1 Å². The van der Waals surface area contributed by atoms with Crippen LogP contribution in [0.5, 0.6) is 5.75 Å². The number of halogens is 1. The molecule has 2 aliphatic rings. The third-order valence-electron chi connectivity index (χ3n) is 6.81. The minimum atomic E-state index is -0.935. The van der Waals surface area contributed by atoms with Crippen molar-refractivity contribution in [3.63, 3.8) is 0 Å². The average Bonchev–Trinajstić information content (AvgIpc) is 3.38. The summed E-state index contributed by atoms with van der Waals surface area (Å²) in [6.07, 6.45) is 2.82. The Kier molecular flexibility index (Phi) is 9.26. The van der Waals surface area contributed by atoms with Crippen LogP contribution in [0.4, 0.5) is 4.79 Å². The van der Waals surface area contributed by atoms with Gasteiger partial charge in [0, 0.05) is 19.6 Å². The molecule has 35 heavy (non-hydrogen) atoms. The van der Waals surface area contributed by atoms with Gasteiger partial charge in [-0.3, -0.25) is 0 Å². The zero-order chi connectivity index (χ0) is 24.6. The number of carbonyl (C=O) groups is 1. The van der Waals surface area contributed by atoms with Gasteiger partial charge in [0.25, 0.3) is 0 Å². The Bertz CT molecular complexity index is 947. The Balaban J connectivity index is 1.40. The Morgan fingerprint density at radius 2 is 1.83 bits per heavy atom. The second kappa shape index (κ2) is 12.6. The largest absolute Gasteiger partial charge is 0.489 e. The van der Waals surface area contributed by atoms with Gasteiger partial charge in [-0.2, -0.15) is 0 Å². The van der Waals surface area contributed by atoms with Crippen LogP contribution in [-0.2, 0) is 11.3 Å². The van der Waals surface area contributed by atoms with Gasteiger partial charge in [0.15, 0.2) is 0 Å². The predicted octanol–water partition coefficient (Wildman–Crippen LogP) is 4.24. The van der Waals surface area contributed by atoms with Crippen LogP contribution in [-0.4, -0.2) is 72.9 Å². The molecule has 2 atom stereocenters. The summed E-state index contributed by atoms with van der Waals surface area (Å²) in [5, 5.41) is 14.6. The molecule has 2 heterocycles. The zero-order valence-corrected chi connectivity index (χ0v) is 21.1. The number of alkyl carbamates (subject to hydrolysis) is 1. The van der Waals surface area contributed by atoms with Gasteiger partial charge in [-0.25, -0.2) is 4.79 Å². The molecule has 190 valence electrons. The highest BCUT2D eigenvalue weighted by atomic mass is 35.5. The molecule has 0 aliphatic carbocycles. The number of nitrogens with zero attached hydrogens (tertiary/aromatic N) is 2. The lowest BCUT2D eigenvalue weighted by Gasteiger charge is -2.30. The summed E-state index contributed by atoms with van der Waals surface area (Å²) in [5.41, 5.74) is 1.55. The molecule has 0 unspecified atom stereocenters. The molecule has 2 aliphatic heterocycles. The molecule has 8 heteroatoms. The highest BCUT2D eigenvalue weighted by molar-refractivity contribution is 6.32. The van der Waals surface area contributed by atoms with Crippen molar-refractivity contribution in [3.05, 3.63) is 64.7 Å². The fourth-order valence-electron chi connectivity index (χ4n) is 4.70. The van der Waals surface area contributed by atoms with E-state index in [2.05, 4.69) is 22.2 Å². The lowest BCUT2D eigenvalue weighted by molar-refractivity contribution is 0.0880. The van der Waals surface area contributed by atoms with E-state index in [9.17, 15) is 9.90 Å². The van der Waals surface area contributed by atoms with Gasteiger partial charge in [0.2, 0.25) is 0 Å². The number of aliphatic hydroxyl groups excluding tert-OH is 1. The second-order valence-corrected chi connectivity index (χ2v) is 9.98. The molecule has 2 aromatic carbocycles. The van der Waals surface area contributed by atoms with Gasteiger partial charge in [-0.1, -0.05) is 48.0 Å². The first-order valence-electron chi connectivity index (χ1n) is 12.5. The van der Waals surface area contributed by atoms with Crippen LogP contribution in [0.15, 0.2) is 48.5 Å². The molecule has 2 aromatic rings. The van der Waals surface area contributed by atoms with Crippen molar-refractivity contribution in [2.45, 2.75) is 50.5 Å². The van der Waals surface area contributed by atoms with Crippen molar-refractivity contribution in [2.75, 3.05) is 39.8 Å². The summed E-state index contributed by atoms with van der Waals surface area (Å²) in [6, 6.07) is 14.4. The standard InChI is InChI=1S/C27H36ClN3O4/c1-30-15-11-22(12-16-30)35-25-10-9-21(17-23(25)28)26(32)24(18-31-13-5-6-14-31)29-27(33)34-19-20-7-3-2-4-8-20/h2-4,7-10,17,22,24,26,32H,5-6,11-16,18-19H2,1H3,(H,29,33)/t24-,26-/m1/s1. The van der Waals surface area contributed by atoms with Gasteiger partial charge >= 0.3 is 6.09 Å². The lowest BCUT2D eigenvalue weighted by atomic mass is 10.0. The molecule has 1 amide bonds. The maximum Gasteiger partial charge on any atom is 0.407 e. The predicted molar refractivity (Wildman–Crippen MR) is 137 cm³/mol. The summed E-state index contributed by atoms with van der Waals surface area (Å²) >= 11 is 6.55. The van der Waals surface area contributed by atoms with E-state index in [1.54, 1.807) is 6.07 Å². The van der Waals surface area contributed by atoms with Crippen LogP contribution in [0.3, 0.4) is 0 Å². The van der Waals surface area contributed by atoms with Crippen LogP contribution in [0, 0.1) is 0 Å². The first-order valence-corrected chi connectivity index (χ1v) is 12.9. The molecule has 2 N–H and O–H groups in total. The summed E-state index contributed by atoms with van der Waals surface area (Å²) < 4.78 is 11.6. The number of ether oxygens (including phenoxy) is 2. The Morgan fingerprint density at radius 1 is 1.11 bits per heavy atom. The van der Waals surface area contributed by atoms with Gasteiger partial charge in [-0.05, 0) is 69.1 Å². The number of benzene rings is 2. The number of hydrogen-bond acceptors (Lipinski definition) is 6. The van der Waals surface area contributed by atoms with Gasteiger partial charge in [0.1, 0.15) is 24.6 Å². The van der Waals surface area contributed by atoms with Crippen LogP contribution in [0.2, 0.25) is 5.02 Å². The molecule has 0 bridgehead atoms. The lowest BCUT2D eigenvalue weighted by Crippen LogP contribution is -2.46. The van der Waals surface area contributed by atoms with E-state index in [1.165, 1.54) is 0 Å². The molecule has 2 saturated heterocycles. The number of likely N-dealkylation sites (tertiary alicyclic amines) is 2. The van der Waals surface area contributed by atoms with E-state index in [0.29, 0.717) is 22.9 Å². The number of hydrogen-bond donors (Lipinski definition) is 2. The highest BCUT2D eigenvalue weighted by Crippen LogP contribution is 2.31. The Morgan fingerprint density at radius 3 is 2.51 bits per heavy atom. The average molecular weight is 502 g/mol.